The highest BCUT2D eigenvalue weighted by molar-refractivity contribution is 5.95. The van der Waals surface area contributed by atoms with E-state index < -0.39 is 0 Å². The van der Waals surface area contributed by atoms with Crippen molar-refractivity contribution < 1.29 is 4.79 Å². The molecule has 1 aliphatic rings. The molecule has 1 aromatic rings. The molecule has 1 saturated heterocycles. The van der Waals surface area contributed by atoms with Gasteiger partial charge in [-0.3, -0.25) is 4.79 Å². The molecule has 4 heteroatoms. The van der Waals surface area contributed by atoms with Gasteiger partial charge < -0.3 is 10.6 Å². The molecule has 0 bridgehead atoms. The molecule has 0 spiro atoms. The van der Waals surface area contributed by atoms with Gasteiger partial charge in [0.25, 0.3) is 5.91 Å². The van der Waals surface area contributed by atoms with Gasteiger partial charge in [0.1, 0.15) is 5.82 Å². The van der Waals surface area contributed by atoms with Gasteiger partial charge in [0, 0.05) is 29.8 Å². The van der Waals surface area contributed by atoms with E-state index in [2.05, 4.69) is 25.8 Å². The van der Waals surface area contributed by atoms with Crippen molar-refractivity contribution in [1.82, 2.24) is 9.88 Å². The number of nitrogens with zero attached hydrogens (tertiary/aromatic N) is 2. The van der Waals surface area contributed by atoms with Crippen molar-refractivity contribution in [2.75, 3.05) is 18.8 Å². The van der Waals surface area contributed by atoms with Crippen LogP contribution in [0, 0.1) is 0 Å². The van der Waals surface area contributed by atoms with E-state index in [-0.39, 0.29) is 11.3 Å². The second-order valence-corrected chi connectivity index (χ2v) is 6.62. The number of carbonyl (C=O) groups excluding carboxylic acids is 1. The Morgan fingerprint density at radius 3 is 2.30 bits per heavy atom. The third-order valence-electron chi connectivity index (χ3n) is 3.75. The fourth-order valence-corrected chi connectivity index (χ4v) is 2.52. The van der Waals surface area contributed by atoms with Crippen LogP contribution in [0.1, 0.15) is 62.5 Å². The fraction of sp³-hybridized carbons (Fsp3) is 0.625. The standard InChI is InChI=1S/C16H25N3O/c1-16(2,3)13-10-12(11-14(17)18-13)15(20)19-8-6-4-5-7-9-19/h10-11H,4-9H2,1-3H3,(H2,17,18). The minimum Gasteiger partial charge on any atom is -0.384 e. The summed E-state index contributed by atoms with van der Waals surface area (Å²) in [6.45, 7) is 7.94. The molecule has 110 valence electrons. The molecule has 0 saturated carbocycles. The van der Waals surface area contributed by atoms with Crippen LogP contribution in [-0.2, 0) is 5.41 Å². The van der Waals surface area contributed by atoms with E-state index in [0.717, 1.165) is 31.6 Å². The molecular weight excluding hydrogens is 250 g/mol. The highest BCUT2D eigenvalue weighted by Crippen LogP contribution is 2.23. The third kappa shape index (κ3) is 3.50. The molecule has 1 fully saturated rings. The van der Waals surface area contributed by atoms with E-state index in [1.165, 1.54) is 12.8 Å². The van der Waals surface area contributed by atoms with Crippen molar-refractivity contribution in [2.24, 2.45) is 0 Å². The lowest BCUT2D eigenvalue weighted by atomic mass is 9.90. The molecule has 0 aromatic carbocycles. The molecule has 0 unspecified atom stereocenters. The molecule has 1 amide bonds. The summed E-state index contributed by atoms with van der Waals surface area (Å²) in [4.78, 5) is 18.9. The first-order valence-corrected chi connectivity index (χ1v) is 7.45. The van der Waals surface area contributed by atoms with Crippen molar-refractivity contribution in [3.05, 3.63) is 23.4 Å². The summed E-state index contributed by atoms with van der Waals surface area (Å²) >= 11 is 0. The molecule has 1 aliphatic heterocycles. The molecule has 2 rings (SSSR count). The maximum Gasteiger partial charge on any atom is 0.254 e. The minimum absolute atomic E-state index is 0.0894. The summed E-state index contributed by atoms with van der Waals surface area (Å²) < 4.78 is 0. The van der Waals surface area contributed by atoms with Crippen LogP contribution in [0.25, 0.3) is 0 Å². The van der Waals surface area contributed by atoms with Gasteiger partial charge in [-0.2, -0.15) is 0 Å². The van der Waals surface area contributed by atoms with Crippen LogP contribution in [-0.4, -0.2) is 28.9 Å². The van der Waals surface area contributed by atoms with Gasteiger partial charge in [-0.15, -0.1) is 0 Å². The van der Waals surface area contributed by atoms with Crippen molar-refractivity contribution in [1.29, 1.82) is 0 Å². The smallest absolute Gasteiger partial charge is 0.254 e. The van der Waals surface area contributed by atoms with Gasteiger partial charge in [0.15, 0.2) is 0 Å². The lowest BCUT2D eigenvalue weighted by Crippen LogP contribution is -2.32. The zero-order valence-corrected chi connectivity index (χ0v) is 12.8. The van der Waals surface area contributed by atoms with Crippen molar-refractivity contribution in [3.63, 3.8) is 0 Å². The van der Waals surface area contributed by atoms with Gasteiger partial charge >= 0.3 is 0 Å². The average molecular weight is 275 g/mol. The van der Waals surface area contributed by atoms with Gasteiger partial charge in [0.2, 0.25) is 0 Å². The Morgan fingerprint density at radius 1 is 1.15 bits per heavy atom. The summed E-state index contributed by atoms with van der Waals surface area (Å²) in [6, 6.07) is 3.59. The number of anilines is 1. The molecule has 0 aliphatic carbocycles. The number of hydrogen-bond donors (Lipinski definition) is 1. The lowest BCUT2D eigenvalue weighted by Gasteiger charge is -2.23. The SMILES string of the molecule is CC(C)(C)c1cc(C(=O)N2CCCCCC2)cc(N)n1. The highest BCUT2D eigenvalue weighted by Gasteiger charge is 2.22. The summed E-state index contributed by atoms with van der Waals surface area (Å²) in [5, 5.41) is 0. The number of carbonyl (C=O) groups is 1. The maximum absolute atomic E-state index is 12.6. The van der Waals surface area contributed by atoms with Gasteiger partial charge in [-0.25, -0.2) is 4.98 Å². The van der Waals surface area contributed by atoms with E-state index >= 15 is 0 Å². The summed E-state index contributed by atoms with van der Waals surface area (Å²) in [5.41, 5.74) is 7.31. The van der Waals surface area contributed by atoms with Crippen LogP contribution in [0.15, 0.2) is 12.1 Å². The predicted molar refractivity (Wildman–Crippen MR) is 81.7 cm³/mol. The fourth-order valence-electron chi connectivity index (χ4n) is 2.52. The number of rotatable bonds is 1. The van der Waals surface area contributed by atoms with Gasteiger partial charge in [0.05, 0.1) is 0 Å². The van der Waals surface area contributed by atoms with E-state index in [1.807, 2.05) is 11.0 Å². The monoisotopic (exact) mass is 275 g/mol. The van der Waals surface area contributed by atoms with E-state index in [0.29, 0.717) is 11.4 Å². The van der Waals surface area contributed by atoms with E-state index in [9.17, 15) is 4.79 Å². The summed E-state index contributed by atoms with van der Waals surface area (Å²) in [5.74, 6) is 0.516. The largest absolute Gasteiger partial charge is 0.384 e. The Bertz CT molecular complexity index is 483. The number of likely N-dealkylation sites (tertiary alicyclic amines) is 1. The zero-order chi connectivity index (χ0) is 14.8. The van der Waals surface area contributed by atoms with Crippen LogP contribution < -0.4 is 5.73 Å². The highest BCUT2D eigenvalue weighted by atomic mass is 16.2. The first-order chi connectivity index (χ1) is 9.38. The third-order valence-corrected chi connectivity index (χ3v) is 3.75. The molecule has 2 heterocycles. The average Bonchev–Trinajstić information content (AvgIpc) is 2.65. The van der Waals surface area contributed by atoms with Crippen LogP contribution in [0.2, 0.25) is 0 Å². The first-order valence-electron chi connectivity index (χ1n) is 7.45. The zero-order valence-electron chi connectivity index (χ0n) is 12.8. The van der Waals surface area contributed by atoms with Gasteiger partial charge in [-0.05, 0) is 25.0 Å². The van der Waals surface area contributed by atoms with Crippen molar-refractivity contribution in [3.8, 4) is 0 Å². The van der Waals surface area contributed by atoms with Crippen LogP contribution in [0.3, 0.4) is 0 Å². The topological polar surface area (TPSA) is 59.2 Å². The molecular formula is C16H25N3O. The van der Waals surface area contributed by atoms with Crippen LogP contribution in [0.4, 0.5) is 5.82 Å². The Balaban J connectivity index is 2.27. The van der Waals surface area contributed by atoms with E-state index in [1.54, 1.807) is 6.07 Å². The minimum atomic E-state index is -0.108. The Labute approximate surface area is 121 Å². The van der Waals surface area contributed by atoms with Crippen LogP contribution in [0.5, 0.6) is 0 Å². The molecule has 2 N–H and O–H groups in total. The molecule has 20 heavy (non-hydrogen) atoms. The molecule has 4 nitrogen and oxygen atoms in total. The van der Waals surface area contributed by atoms with Crippen LogP contribution >= 0.6 is 0 Å². The first kappa shape index (κ1) is 14.8. The molecule has 0 atom stereocenters. The Hall–Kier alpha value is -1.58. The number of nitrogen functional groups attached to an aromatic ring is 1. The molecule has 1 aromatic heterocycles. The Morgan fingerprint density at radius 2 is 1.75 bits per heavy atom. The second-order valence-electron chi connectivity index (χ2n) is 6.62. The number of hydrogen-bond acceptors (Lipinski definition) is 3. The number of aromatic nitrogens is 1. The van der Waals surface area contributed by atoms with Gasteiger partial charge in [-0.1, -0.05) is 33.6 Å². The quantitative estimate of drug-likeness (QED) is 0.857. The van der Waals surface area contributed by atoms with Crippen molar-refractivity contribution >= 4 is 11.7 Å². The molecule has 0 radical (unpaired) electrons. The summed E-state index contributed by atoms with van der Waals surface area (Å²) in [6.07, 6.45) is 4.63. The van der Waals surface area contributed by atoms with E-state index in [4.69, 9.17) is 5.73 Å². The van der Waals surface area contributed by atoms with Crippen molar-refractivity contribution in [2.45, 2.75) is 51.9 Å². The number of pyridine rings is 1. The Kier molecular flexibility index (Phi) is 4.31. The normalized spacial score (nSPS) is 16.9. The summed E-state index contributed by atoms with van der Waals surface area (Å²) in [7, 11) is 0. The number of amides is 1. The predicted octanol–water partition coefficient (Wildman–Crippen LogP) is 2.98. The second kappa shape index (κ2) is 5.81. The lowest BCUT2D eigenvalue weighted by molar-refractivity contribution is 0.0761. The number of nitrogens with two attached hydrogens (primary N) is 1. The maximum atomic E-state index is 12.6.